The molecule has 0 fully saturated rings. The SMILES string of the molecule is COCCNc1ccc(C(=O)OCC(=O)N(C)C(C)C)cc1[N+](=O)[O-]. The van der Waals surface area contributed by atoms with Crippen LogP contribution < -0.4 is 5.32 Å². The Kier molecular flexibility index (Phi) is 7.80. The van der Waals surface area contributed by atoms with E-state index in [1.807, 2.05) is 13.8 Å². The maximum absolute atomic E-state index is 12.0. The van der Waals surface area contributed by atoms with E-state index < -0.39 is 17.5 Å². The number of rotatable bonds is 9. The third-order valence-electron chi connectivity index (χ3n) is 3.55. The predicted octanol–water partition coefficient (Wildman–Crippen LogP) is 1.68. The molecule has 1 rings (SSSR count). The quantitative estimate of drug-likeness (QED) is 0.311. The van der Waals surface area contributed by atoms with Gasteiger partial charge in [0, 0.05) is 32.8 Å². The smallest absolute Gasteiger partial charge is 0.338 e. The average molecular weight is 353 g/mol. The van der Waals surface area contributed by atoms with Gasteiger partial charge in [-0.15, -0.1) is 0 Å². The van der Waals surface area contributed by atoms with Crippen LogP contribution in [0.4, 0.5) is 11.4 Å². The van der Waals surface area contributed by atoms with Gasteiger partial charge in [0.05, 0.1) is 17.1 Å². The number of hydrogen-bond donors (Lipinski definition) is 1. The Morgan fingerprint density at radius 3 is 2.60 bits per heavy atom. The standard InChI is InChI=1S/C16H23N3O6/c1-11(2)18(3)15(20)10-25-16(21)12-5-6-13(17-7-8-24-4)14(9-12)19(22)23/h5-6,9,11,17H,7-8,10H2,1-4H3. The topological polar surface area (TPSA) is 111 Å². The number of benzene rings is 1. The van der Waals surface area contributed by atoms with Crippen LogP contribution in [0.15, 0.2) is 18.2 Å². The number of nitrogens with zero attached hydrogens (tertiary/aromatic N) is 2. The molecule has 0 atom stereocenters. The fraction of sp³-hybridized carbons (Fsp3) is 0.500. The van der Waals surface area contributed by atoms with Gasteiger partial charge in [-0.3, -0.25) is 14.9 Å². The number of anilines is 1. The summed E-state index contributed by atoms with van der Waals surface area (Å²) in [5.74, 6) is -1.15. The van der Waals surface area contributed by atoms with Crippen molar-refractivity contribution in [2.24, 2.45) is 0 Å². The van der Waals surface area contributed by atoms with Gasteiger partial charge in [-0.05, 0) is 26.0 Å². The Labute approximate surface area is 146 Å². The van der Waals surface area contributed by atoms with Crippen molar-refractivity contribution in [1.29, 1.82) is 0 Å². The number of esters is 1. The second-order valence-corrected chi connectivity index (χ2v) is 5.58. The molecule has 0 aliphatic carbocycles. The van der Waals surface area contributed by atoms with Crippen molar-refractivity contribution in [3.8, 4) is 0 Å². The summed E-state index contributed by atoms with van der Waals surface area (Å²) in [4.78, 5) is 35.9. The Bertz CT molecular complexity index is 632. The van der Waals surface area contributed by atoms with Crippen molar-refractivity contribution in [1.82, 2.24) is 4.90 Å². The van der Waals surface area contributed by atoms with E-state index in [0.29, 0.717) is 13.2 Å². The van der Waals surface area contributed by atoms with E-state index in [9.17, 15) is 19.7 Å². The molecule has 0 heterocycles. The summed E-state index contributed by atoms with van der Waals surface area (Å²) in [6.07, 6.45) is 0. The summed E-state index contributed by atoms with van der Waals surface area (Å²) in [5.41, 5.74) is 0.0226. The van der Waals surface area contributed by atoms with E-state index in [0.717, 1.165) is 6.07 Å². The van der Waals surface area contributed by atoms with Crippen molar-refractivity contribution in [2.45, 2.75) is 19.9 Å². The molecule has 1 aromatic carbocycles. The van der Waals surface area contributed by atoms with Crippen LogP contribution in [0, 0.1) is 10.1 Å². The highest BCUT2D eigenvalue weighted by molar-refractivity contribution is 5.93. The van der Waals surface area contributed by atoms with Gasteiger partial charge in [-0.2, -0.15) is 0 Å². The van der Waals surface area contributed by atoms with Gasteiger partial charge in [-0.25, -0.2) is 4.79 Å². The molecule has 0 radical (unpaired) electrons. The fourth-order valence-corrected chi connectivity index (χ4v) is 1.85. The van der Waals surface area contributed by atoms with Crippen molar-refractivity contribution in [2.75, 3.05) is 39.2 Å². The highest BCUT2D eigenvalue weighted by atomic mass is 16.6. The summed E-state index contributed by atoms with van der Waals surface area (Å²) < 4.78 is 9.82. The van der Waals surface area contributed by atoms with E-state index in [1.165, 1.54) is 24.1 Å². The monoisotopic (exact) mass is 353 g/mol. The first-order valence-corrected chi connectivity index (χ1v) is 7.72. The molecule has 0 spiro atoms. The normalized spacial score (nSPS) is 10.4. The molecule has 0 aromatic heterocycles. The number of carbonyl (C=O) groups is 2. The second-order valence-electron chi connectivity index (χ2n) is 5.58. The molecule has 138 valence electrons. The Morgan fingerprint density at radius 1 is 1.36 bits per heavy atom. The summed E-state index contributed by atoms with van der Waals surface area (Å²) in [5, 5.41) is 14.0. The maximum Gasteiger partial charge on any atom is 0.338 e. The first kappa shape index (κ1) is 20.4. The van der Waals surface area contributed by atoms with Crippen LogP contribution in [0.25, 0.3) is 0 Å². The van der Waals surface area contributed by atoms with Gasteiger partial charge in [-0.1, -0.05) is 0 Å². The number of methoxy groups -OCH3 is 1. The molecular formula is C16H23N3O6. The largest absolute Gasteiger partial charge is 0.452 e. The molecule has 1 N–H and O–H groups in total. The van der Waals surface area contributed by atoms with Gasteiger partial charge in [0.2, 0.25) is 0 Å². The number of carbonyl (C=O) groups excluding carboxylic acids is 2. The summed E-state index contributed by atoms with van der Waals surface area (Å²) in [7, 11) is 3.12. The fourth-order valence-electron chi connectivity index (χ4n) is 1.85. The van der Waals surface area contributed by atoms with Crippen molar-refractivity contribution < 1.29 is 24.0 Å². The molecule has 0 saturated carbocycles. The van der Waals surface area contributed by atoms with Crippen LogP contribution >= 0.6 is 0 Å². The minimum atomic E-state index is -0.794. The average Bonchev–Trinajstić information content (AvgIpc) is 2.58. The van der Waals surface area contributed by atoms with Gasteiger partial charge in [0.1, 0.15) is 5.69 Å². The summed E-state index contributed by atoms with van der Waals surface area (Å²) in [6.45, 7) is 4.01. The highest BCUT2D eigenvalue weighted by Crippen LogP contribution is 2.25. The minimum Gasteiger partial charge on any atom is -0.452 e. The van der Waals surface area contributed by atoms with Crippen molar-refractivity contribution >= 4 is 23.3 Å². The minimum absolute atomic E-state index is 0.00370. The number of ether oxygens (including phenoxy) is 2. The van der Waals surface area contributed by atoms with Gasteiger partial charge in [0.25, 0.3) is 11.6 Å². The molecule has 0 bridgehead atoms. The lowest BCUT2D eigenvalue weighted by Crippen LogP contribution is -2.36. The van der Waals surface area contributed by atoms with E-state index in [2.05, 4.69) is 5.32 Å². The zero-order valence-electron chi connectivity index (χ0n) is 14.8. The predicted molar refractivity (Wildman–Crippen MR) is 91.7 cm³/mol. The van der Waals surface area contributed by atoms with Crippen LogP contribution in [0.1, 0.15) is 24.2 Å². The first-order chi connectivity index (χ1) is 11.8. The number of nitro groups is 1. The number of amides is 1. The Morgan fingerprint density at radius 2 is 2.04 bits per heavy atom. The van der Waals surface area contributed by atoms with E-state index in [1.54, 1.807) is 7.05 Å². The molecule has 0 unspecified atom stereocenters. The molecule has 1 amide bonds. The molecule has 9 heteroatoms. The van der Waals surface area contributed by atoms with Crippen molar-refractivity contribution in [3.05, 3.63) is 33.9 Å². The zero-order chi connectivity index (χ0) is 19.0. The lowest BCUT2D eigenvalue weighted by Gasteiger charge is -2.21. The van der Waals surface area contributed by atoms with Crippen LogP contribution in [-0.4, -0.2) is 61.7 Å². The zero-order valence-corrected chi connectivity index (χ0v) is 14.8. The van der Waals surface area contributed by atoms with Gasteiger partial charge < -0.3 is 19.7 Å². The van der Waals surface area contributed by atoms with E-state index >= 15 is 0 Å². The van der Waals surface area contributed by atoms with Crippen molar-refractivity contribution in [3.63, 3.8) is 0 Å². The molecule has 1 aromatic rings. The van der Waals surface area contributed by atoms with Crippen LogP contribution in [-0.2, 0) is 14.3 Å². The third-order valence-corrected chi connectivity index (χ3v) is 3.55. The lowest BCUT2D eigenvalue weighted by molar-refractivity contribution is -0.384. The third kappa shape index (κ3) is 6.03. The van der Waals surface area contributed by atoms with Crippen LogP contribution in [0.3, 0.4) is 0 Å². The van der Waals surface area contributed by atoms with E-state index in [4.69, 9.17) is 9.47 Å². The number of hydrogen-bond acceptors (Lipinski definition) is 7. The highest BCUT2D eigenvalue weighted by Gasteiger charge is 2.20. The number of nitrogens with one attached hydrogen (secondary N) is 1. The van der Waals surface area contributed by atoms with Gasteiger partial charge >= 0.3 is 5.97 Å². The number of likely N-dealkylation sites (N-methyl/N-ethyl adjacent to an activating group) is 1. The van der Waals surface area contributed by atoms with E-state index in [-0.39, 0.29) is 28.9 Å². The first-order valence-electron chi connectivity index (χ1n) is 7.72. The summed E-state index contributed by atoms with van der Waals surface area (Å²) >= 11 is 0. The lowest BCUT2D eigenvalue weighted by atomic mass is 10.1. The molecule has 0 saturated heterocycles. The maximum atomic E-state index is 12.0. The molecule has 0 aliphatic rings. The number of nitro benzene ring substituents is 1. The summed E-state index contributed by atoms with van der Waals surface area (Å²) in [6, 6.07) is 3.92. The molecule has 0 aliphatic heterocycles. The molecule has 25 heavy (non-hydrogen) atoms. The Balaban J connectivity index is 2.80. The second kappa shape index (κ2) is 9.58. The molecule has 9 nitrogen and oxygen atoms in total. The van der Waals surface area contributed by atoms with Gasteiger partial charge in [0.15, 0.2) is 6.61 Å². The Hall–Kier alpha value is -2.68. The van der Waals surface area contributed by atoms with Crippen LogP contribution in [0.5, 0.6) is 0 Å². The van der Waals surface area contributed by atoms with Crippen LogP contribution in [0.2, 0.25) is 0 Å². The molecular weight excluding hydrogens is 330 g/mol.